The van der Waals surface area contributed by atoms with E-state index in [1.54, 1.807) is 0 Å². The Morgan fingerprint density at radius 3 is 1.44 bits per heavy atom. The summed E-state index contributed by atoms with van der Waals surface area (Å²) in [4.78, 5) is 12.3. The van der Waals surface area contributed by atoms with Gasteiger partial charge in [-0.05, 0) is 77.0 Å². The highest BCUT2D eigenvalue weighted by atomic mass is 16.3. The topological polar surface area (TPSA) is 89.8 Å². The molecule has 0 aliphatic carbocycles. The number of carbonyl (C=O) groups is 1. The summed E-state index contributed by atoms with van der Waals surface area (Å²) in [7, 11) is 0. The molecule has 0 aromatic carbocycles. The number of amides is 1. The van der Waals surface area contributed by atoms with Gasteiger partial charge in [-0.1, -0.05) is 127 Å². The molecule has 4 N–H and O–H groups in total. The smallest absolute Gasteiger partial charge is 0.220 e. The van der Waals surface area contributed by atoms with E-state index in [0.717, 1.165) is 44.9 Å². The lowest BCUT2D eigenvalue weighted by atomic mass is 10.0. The van der Waals surface area contributed by atoms with Gasteiger partial charge in [-0.25, -0.2) is 0 Å². The van der Waals surface area contributed by atoms with Crippen LogP contribution in [0.1, 0.15) is 174 Å². The molecule has 0 bridgehead atoms. The van der Waals surface area contributed by atoms with E-state index in [-0.39, 0.29) is 12.5 Å². The van der Waals surface area contributed by atoms with Gasteiger partial charge in [0.2, 0.25) is 5.91 Å². The van der Waals surface area contributed by atoms with Gasteiger partial charge in [0.1, 0.15) is 6.10 Å². The molecule has 252 valence electrons. The monoisotopic (exact) mass is 606 g/mol. The molecule has 0 aliphatic rings. The van der Waals surface area contributed by atoms with E-state index in [1.807, 2.05) is 0 Å². The van der Waals surface area contributed by atoms with Crippen molar-refractivity contribution in [2.45, 2.75) is 193 Å². The van der Waals surface area contributed by atoms with Crippen LogP contribution in [0.5, 0.6) is 0 Å². The first-order valence-corrected chi connectivity index (χ1v) is 18.3. The largest absolute Gasteiger partial charge is 0.394 e. The van der Waals surface area contributed by atoms with Crippen LogP contribution in [-0.2, 0) is 4.79 Å². The second-order valence-electron chi connectivity index (χ2n) is 12.4. The number of hydrogen-bond donors (Lipinski definition) is 4. The summed E-state index contributed by atoms with van der Waals surface area (Å²) >= 11 is 0. The van der Waals surface area contributed by atoms with Gasteiger partial charge in [0.05, 0.1) is 18.8 Å². The van der Waals surface area contributed by atoms with Crippen molar-refractivity contribution < 1.29 is 20.1 Å². The van der Waals surface area contributed by atoms with Crippen molar-refractivity contribution in [3.63, 3.8) is 0 Å². The number of nitrogens with one attached hydrogen (secondary N) is 1. The van der Waals surface area contributed by atoms with Crippen LogP contribution in [0.25, 0.3) is 0 Å². The lowest BCUT2D eigenvalue weighted by Crippen LogP contribution is -2.50. The van der Waals surface area contributed by atoms with Gasteiger partial charge in [0, 0.05) is 6.42 Å². The minimum absolute atomic E-state index is 0.166. The van der Waals surface area contributed by atoms with E-state index in [0.29, 0.717) is 12.8 Å². The molecule has 5 nitrogen and oxygen atoms in total. The van der Waals surface area contributed by atoms with Crippen LogP contribution in [-0.4, -0.2) is 46.1 Å². The third kappa shape index (κ3) is 29.1. The van der Waals surface area contributed by atoms with E-state index in [4.69, 9.17) is 0 Å². The first-order valence-electron chi connectivity index (χ1n) is 18.3. The number of unbranched alkanes of at least 4 members (excludes halogenated alkanes) is 18. The summed E-state index contributed by atoms with van der Waals surface area (Å²) in [6, 6.07) is -0.832. The maximum absolute atomic E-state index is 12.3. The molecule has 0 aromatic rings. The molecule has 0 aromatic heterocycles. The highest BCUT2D eigenvalue weighted by molar-refractivity contribution is 5.76. The van der Waals surface area contributed by atoms with Gasteiger partial charge < -0.3 is 20.6 Å². The Hall–Kier alpha value is -1.43. The van der Waals surface area contributed by atoms with Crippen LogP contribution in [0.15, 0.2) is 36.5 Å². The van der Waals surface area contributed by atoms with Crippen molar-refractivity contribution in [1.29, 1.82) is 0 Å². The molecule has 0 saturated carbocycles. The van der Waals surface area contributed by atoms with Crippen LogP contribution in [0.3, 0.4) is 0 Å². The zero-order chi connectivity index (χ0) is 31.6. The highest BCUT2D eigenvalue weighted by Gasteiger charge is 2.26. The normalized spacial score (nSPS) is 14.3. The number of aliphatic hydroxyl groups is 3. The lowest BCUT2D eigenvalue weighted by molar-refractivity contribution is -0.124. The summed E-state index contributed by atoms with van der Waals surface area (Å²) in [6.07, 6.45) is 39.4. The van der Waals surface area contributed by atoms with Gasteiger partial charge >= 0.3 is 0 Å². The van der Waals surface area contributed by atoms with Gasteiger partial charge in [0.15, 0.2) is 0 Å². The quantitative estimate of drug-likeness (QED) is 0.0454. The molecule has 3 atom stereocenters. The zero-order valence-electron chi connectivity index (χ0n) is 28.3. The number of hydrogen-bond acceptors (Lipinski definition) is 4. The van der Waals surface area contributed by atoms with Crippen LogP contribution in [0.4, 0.5) is 0 Å². The van der Waals surface area contributed by atoms with E-state index < -0.39 is 18.2 Å². The SMILES string of the molecule is CCCCCC/C=C\CCCCCCCCCC(=O)NC(CO)C(O)C(O)CCC/C=C/CC/C=C/CCCCCCC. The van der Waals surface area contributed by atoms with Crippen LogP contribution in [0, 0.1) is 0 Å². The molecule has 0 fully saturated rings. The van der Waals surface area contributed by atoms with E-state index in [9.17, 15) is 20.1 Å². The predicted octanol–water partition coefficient (Wildman–Crippen LogP) is 9.65. The summed E-state index contributed by atoms with van der Waals surface area (Å²) in [5.74, 6) is -0.166. The zero-order valence-corrected chi connectivity index (χ0v) is 28.3. The van der Waals surface area contributed by atoms with Crippen molar-refractivity contribution in [2.75, 3.05) is 6.61 Å². The van der Waals surface area contributed by atoms with Gasteiger partial charge in [-0.3, -0.25) is 4.79 Å². The molecule has 0 radical (unpaired) electrons. The number of allylic oxidation sites excluding steroid dienone is 6. The molecule has 1 amide bonds. The fourth-order valence-corrected chi connectivity index (χ4v) is 5.29. The molecule has 0 heterocycles. The van der Waals surface area contributed by atoms with Gasteiger partial charge in [-0.15, -0.1) is 0 Å². The Balaban J connectivity index is 3.79. The number of aliphatic hydroxyl groups excluding tert-OH is 3. The van der Waals surface area contributed by atoms with Gasteiger partial charge in [-0.2, -0.15) is 0 Å². The third-order valence-electron chi connectivity index (χ3n) is 8.19. The average molecular weight is 606 g/mol. The Morgan fingerprint density at radius 2 is 0.953 bits per heavy atom. The van der Waals surface area contributed by atoms with Crippen molar-refractivity contribution in [1.82, 2.24) is 5.32 Å². The maximum Gasteiger partial charge on any atom is 0.220 e. The second-order valence-corrected chi connectivity index (χ2v) is 12.4. The third-order valence-corrected chi connectivity index (χ3v) is 8.19. The molecule has 3 unspecified atom stereocenters. The first-order chi connectivity index (χ1) is 21.1. The minimum atomic E-state index is -1.17. The van der Waals surface area contributed by atoms with Crippen molar-refractivity contribution in [2.24, 2.45) is 0 Å². The number of rotatable bonds is 32. The predicted molar refractivity (Wildman–Crippen MR) is 185 cm³/mol. The Kier molecular flexibility index (Phi) is 32.3. The van der Waals surface area contributed by atoms with Crippen molar-refractivity contribution >= 4 is 5.91 Å². The molecule has 43 heavy (non-hydrogen) atoms. The molecular weight excluding hydrogens is 534 g/mol. The number of carbonyl (C=O) groups excluding carboxylic acids is 1. The fraction of sp³-hybridized carbons (Fsp3) is 0.816. The maximum atomic E-state index is 12.3. The standard InChI is InChI=1S/C38H71NO4/c1-3-5-7-9-11-13-15-17-19-21-23-25-27-29-31-33-37(42)39-35(34-40)38(43)36(41)32-30-28-26-24-22-20-18-16-14-12-10-8-6-4-2/h13,15-16,18,24,26,35-36,38,40-41,43H,3-12,14,17,19-23,25,27-34H2,1-2H3,(H,39,42)/b15-13-,18-16+,26-24+. The summed E-state index contributed by atoms with van der Waals surface area (Å²) in [5.41, 5.74) is 0. The Bertz CT molecular complexity index is 675. The molecule has 0 saturated heterocycles. The van der Waals surface area contributed by atoms with Gasteiger partial charge in [0.25, 0.3) is 0 Å². The fourth-order valence-electron chi connectivity index (χ4n) is 5.29. The summed E-state index contributed by atoms with van der Waals surface area (Å²) in [6.45, 7) is 4.11. The van der Waals surface area contributed by atoms with Crippen LogP contribution >= 0.6 is 0 Å². The molecule has 5 heteroatoms. The van der Waals surface area contributed by atoms with E-state index >= 15 is 0 Å². The lowest BCUT2D eigenvalue weighted by Gasteiger charge is -2.26. The van der Waals surface area contributed by atoms with Crippen LogP contribution in [0.2, 0.25) is 0 Å². The Labute approximate surface area is 266 Å². The molecule has 0 aliphatic heterocycles. The minimum Gasteiger partial charge on any atom is -0.394 e. The van der Waals surface area contributed by atoms with E-state index in [1.165, 1.54) is 103 Å². The Morgan fingerprint density at radius 1 is 0.558 bits per heavy atom. The molecular formula is C38H71NO4. The van der Waals surface area contributed by atoms with E-state index in [2.05, 4.69) is 55.6 Å². The molecule has 0 rings (SSSR count). The summed E-state index contributed by atoms with van der Waals surface area (Å²) < 4.78 is 0. The van der Waals surface area contributed by atoms with Crippen molar-refractivity contribution in [3.8, 4) is 0 Å². The highest BCUT2D eigenvalue weighted by Crippen LogP contribution is 2.13. The van der Waals surface area contributed by atoms with Crippen molar-refractivity contribution in [3.05, 3.63) is 36.5 Å². The molecule has 0 spiro atoms. The average Bonchev–Trinajstić information content (AvgIpc) is 3.01. The first kappa shape index (κ1) is 41.6. The van der Waals surface area contributed by atoms with Crippen LogP contribution < -0.4 is 5.32 Å². The second kappa shape index (κ2) is 33.5. The summed E-state index contributed by atoms with van der Waals surface area (Å²) in [5, 5.41) is 33.3.